The number of amides is 1. The van der Waals surface area contributed by atoms with Crippen molar-refractivity contribution in [1.82, 2.24) is 0 Å². The average Bonchev–Trinajstić information content (AvgIpc) is 2.49. The smallest absolute Gasteiger partial charge is 0.259 e. The predicted molar refractivity (Wildman–Crippen MR) is 86.7 cm³/mol. The zero-order valence-corrected chi connectivity index (χ0v) is 13.2. The van der Waals surface area contributed by atoms with E-state index >= 15 is 0 Å². The summed E-state index contributed by atoms with van der Waals surface area (Å²) < 4.78 is 5.15. The van der Waals surface area contributed by atoms with Gasteiger partial charge in [0.05, 0.1) is 30.2 Å². The van der Waals surface area contributed by atoms with Gasteiger partial charge in [-0.2, -0.15) is 5.26 Å². The van der Waals surface area contributed by atoms with Crippen molar-refractivity contribution in [1.29, 1.82) is 5.26 Å². The highest BCUT2D eigenvalue weighted by molar-refractivity contribution is 6.36. The number of nitrogens with one attached hydrogen (secondary N) is 1. The molecule has 6 heteroatoms. The van der Waals surface area contributed by atoms with E-state index in [2.05, 4.69) is 11.4 Å². The number of hydrogen-bond donors (Lipinski definition) is 1. The van der Waals surface area contributed by atoms with Crippen LogP contribution in [0.1, 0.15) is 15.9 Å². The quantitative estimate of drug-likeness (QED) is 0.905. The summed E-state index contributed by atoms with van der Waals surface area (Å²) in [7, 11) is 1.43. The summed E-state index contributed by atoms with van der Waals surface area (Å²) >= 11 is 11.9. The summed E-state index contributed by atoms with van der Waals surface area (Å²) in [6.07, 6.45) is 0.325. The minimum Gasteiger partial charge on any atom is -0.494 e. The fourth-order valence-corrected chi connectivity index (χ4v) is 2.50. The normalized spacial score (nSPS) is 9.91. The van der Waals surface area contributed by atoms with Crippen molar-refractivity contribution >= 4 is 34.8 Å². The van der Waals surface area contributed by atoms with Crippen molar-refractivity contribution in [2.24, 2.45) is 0 Å². The van der Waals surface area contributed by atoms with Gasteiger partial charge in [-0.3, -0.25) is 4.79 Å². The Bertz CT molecular complexity index is 737. The molecule has 0 saturated heterocycles. The number of nitriles is 1. The molecule has 2 rings (SSSR count). The van der Waals surface area contributed by atoms with Gasteiger partial charge < -0.3 is 10.1 Å². The Morgan fingerprint density at radius 3 is 2.55 bits per heavy atom. The second-order valence-electron chi connectivity index (χ2n) is 4.45. The van der Waals surface area contributed by atoms with Crippen LogP contribution >= 0.6 is 23.2 Å². The number of carbonyl (C=O) groups excluding carboxylic acids is 1. The number of hydrogen-bond acceptors (Lipinski definition) is 3. The molecule has 4 nitrogen and oxygen atoms in total. The van der Waals surface area contributed by atoms with E-state index in [0.29, 0.717) is 17.1 Å². The van der Waals surface area contributed by atoms with E-state index < -0.39 is 0 Å². The van der Waals surface area contributed by atoms with Crippen molar-refractivity contribution < 1.29 is 9.53 Å². The van der Waals surface area contributed by atoms with Crippen LogP contribution in [-0.2, 0) is 6.42 Å². The van der Waals surface area contributed by atoms with Crippen LogP contribution in [0.2, 0.25) is 10.0 Å². The summed E-state index contributed by atoms with van der Waals surface area (Å²) in [5.41, 5.74) is 1.73. The highest BCUT2D eigenvalue weighted by atomic mass is 35.5. The van der Waals surface area contributed by atoms with Crippen molar-refractivity contribution in [3.63, 3.8) is 0 Å². The molecule has 0 aliphatic rings. The van der Waals surface area contributed by atoms with Gasteiger partial charge in [-0.25, -0.2) is 0 Å². The predicted octanol–water partition coefficient (Wildman–Crippen LogP) is 4.32. The lowest BCUT2D eigenvalue weighted by atomic mass is 10.1. The standard InChI is InChI=1S/C16H12Cl2N2O2/c1-22-15-13(8-11(17)9-14(15)18)16(21)20-12-4-2-10(3-5-12)6-7-19/h2-5,8-9H,6H2,1H3,(H,20,21). The first-order valence-electron chi connectivity index (χ1n) is 6.35. The summed E-state index contributed by atoms with van der Waals surface area (Å²) in [6.45, 7) is 0. The van der Waals surface area contributed by atoms with E-state index in [4.69, 9.17) is 33.2 Å². The van der Waals surface area contributed by atoms with Gasteiger partial charge in [-0.05, 0) is 29.8 Å². The number of carbonyl (C=O) groups is 1. The van der Waals surface area contributed by atoms with Crippen LogP contribution in [0.3, 0.4) is 0 Å². The number of halogens is 2. The Morgan fingerprint density at radius 1 is 1.27 bits per heavy atom. The van der Waals surface area contributed by atoms with Gasteiger partial charge in [0.15, 0.2) is 0 Å². The van der Waals surface area contributed by atoms with Gasteiger partial charge in [-0.15, -0.1) is 0 Å². The summed E-state index contributed by atoms with van der Waals surface area (Å²) in [6, 6.07) is 12.1. The van der Waals surface area contributed by atoms with Gasteiger partial charge in [0.1, 0.15) is 5.75 Å². The molecule has 1 amide bonds. The number of benzene rings is 2. The zero-order chi connectivity index (χ0) is 16.1. The van der Waals surface area contributed by atoms with E-state index in [1.165, 1.54) is 19.2 Å². The van der Waals surface area contributed by atoms with Gasteiger partial charge in [0.25, 0.3) is 5.91 Å². The number of anilines is 1. The van der Waals surface area contributed by atoms with Crippen molar-refractivity contribution in [2.45, 2.75) is 6.42 Å². The van der Waals surface area contributed by atoms with E-state index in [1.54, 1.807) is 24.3 Å². The molecule has 2 aromatic rings. The van der Waals surface area contributed by atoms with E-state index in [-0.39, 0.29) is 22.2 Å². The second kappa shape index (κ2) is 7.17. The lowest BCUT2D eigenvalue weighted by molar-refractivity contribution is 0.102. The maximum Gasteiger partial charge on any atom is 0.259 e. The fraction of sp³-hybridized carbons (Fsp3) is 0.125. The van der Waals surface area contributed by atoms with Crippen LogP contribution in [-0.4, -0.2) is 13.0 Å². The molecule has 0 fully saturated rings. The van der Waals surface area contributed by atoms with Crippen LogP contribution in [0.5, 0.6) is 5.75 Å². The van der Waals surface area contributed by atoms with Crippen LogP contribution in [0.4, 0.5) is 5.69 Å². The van der Waals surface area contributed by atoms with Crippen LogP contribution < -0.4 is 10.1 Å². The summed E-state index contributed by atoms with van der Waals surface area (Å²) in [4.78, 5) is 12.3. The third kappa shape index (κ3) is 3.70. The minimum absolute atomic E-state index is 0.251. The van der Waals surface area contributed by atoms with Gasteiger partial charge >= 0.3 is 0 Å². The summed E-state index contributed by atoms with van der Waals surface area (Å²) in [5.74, 6) is -0.112. The summed E-state index contributed by atoms with van der Waals surface area (Å²) in [5, 5.41) is 12.0. The zero-order valence-electron chi connectivity index (χ0n) is 11.7. The lowest BCUT2D eigenvalue weighted by Gasteiger charge is -2.11. The highest BCUT2D eigenvalue weighted by Gasteiger charge is 2.17. The Balaban J connectivity index is 2.24. The van der Waals surface area contributed by atoms with Crippen LogP contribution in [0.25, 0.3) is 0 Å². The number of nitrogens with zero attached hydrogens (tertiary/aromatic N) is 1. The molecular weight excluding hydrogens is 323 g/mol. The van der Waals surface area contributed by atoms with E-state index in [0.717, 1.165) is 5.56 Å². The molecule has 22 heavy (non-hydrogen) atoms. The Kier molecular flexibility index (Phi) is 5.26. The lowest BCUT2D eigenvalue weighted by Crippen LogP contribution is -2.13. The molecule has 2 aromatic carbocycles. The van der Waals surface area contributed by atoms with Gasteiger partial charge in [0.2, 0.25) is 0 Å². The largest absolute Gasteiger partial charge is 0.494 e. The van der Waals surface area contributed by atoms with E-state index in [9.17, 15) is 4.79 Å². The molecule has 0 aliphatic heterocycles. The van der Waals surface area contributed by atoms with Gasteiger partial charge in [0, 0.05) is 10.7 Å². The van der Waals surface area contributed by atoms with Crippen LogP contribution in [0, 0.1) is 11.3 Å². The molecule has 0 atom stereocenters. The molecule has 0 radical (unpaired) electrons. The molecule has 1 N–H and O–H groups in total. The first kappa shape index (κ1) is 16.2. The maximum absolute atomic E-state index is 12.3. The molecule has 112 valence electrons. The van der Waals surface area contributed by atoms with Crippen LogP contribution in [0.15, 0.2) is 36.4 Å². The SMILES string of the molecule is COc1c(Cl)cc(Cl)cc1C(=O)Nc1ccc(CC#N)cc1. The first-order chi connectivity index (χ1) is 10.5. The Hall–Kier alpha value is -2.22. The van der Waals surface area contributed by atoms with Crippen molar-refractivity contribution in [2.75, 3.05) is 12.4 Å². The monoisotopic (exact) mass is 334 g/mol. The molecule has 0 aromatic heterocycles. The van der Waals surface area contributed by atoms with E-state index in [1.807, 2.05) is 0 Å². The molecule has 0 spiro atoms. The molecule has 0 saturated carbocycles. The number of methoxy groups -OCH3 is 1. The molecular formula is C16H12Cl2N2O2. The maximum atomic E-state index is 12.3. The fourth-order valence-electron chi connectivity index (χ4n) is 1.93. The van der Waals surface area contributed by atoms with Crippen molar-refractivity contribution in [3.05, 3.63) is 57.6 Å². The number of rotatable bonds is 4. The van der Waals surface area contributed by atoms with Crippen molar-refractivity contribution in [3.8, 4) is 11.8 Å². The third-order valence-corrected chi connectivity index (χ3v) is 3.45. The molecule has 0 bridgehead atoms. The van der Waals surface area contributed by atoms with Gasteiger partial charge in [-0.1, -0.05) is 35.3 Å². The first-order valence-corrected chi connectivity index (χ1v) is 7.11. The minimum atomic E-state index is -0.380. The highest BCUT2D eigenvalue weighted by Crippen LogP contribution is 2.32. The third-order valence-electron chi connectivity index (χ3n) is 2.95. The molecule has 0 unspecified atom stereocenters. The second-order valence-corrected chi connectivity index (χ2v) is 5.30. The Labute approximate surface area is 138 Å². The Morgan fingerprint density at radius 2 is 1.95 bits per heavy atom. The number of ether oxygens (including phenoxy) is 1. The molecule has 0 aliphatic carbocycles. The topological polar surface area (TPSA) is 62.1 Å². The molecule has 0 heterocycles. The average molecular weight is 335 g/mol.